The topological polar surface area (TPSA) is 44.5 Å². The van der Waals surface area contributed by atoms with E-state index in [1.165, 1.54) is 12.1 Å². The fourth-order valence-electron chi connectivity index (χ4n) is 1.10. The van der Waals surface area contributed by atoms with E-state index in [1.54, 1.807) is 0 Å². The average Bonchev–Trinajstić information content (AvgIpc) is 2.19. The van der Waals surface area contributed by atoms with Gasteiger partial charge in [0.25, 0.3) is 0 Å². The van der Waals surface area contributed by atoms with Crippen LogP contribution in [0.4, 0.5) is 10.1 Å². The first-order valence-electron chi connectivity index (χ1n) is 4.99. The van der Waals surface area contributed by atoms with Gasteiger partial charge in [0.15, 0.2) is 0 Å². The third-order valence-corrected chi connectivity index (χ3v) is 2.13. The summed E-state index contributed by atoms with van der Waals surface area (Å²) in [4.78, 5) is 0. The molecule has 0 bridgehead atoms. The predicted octanol–water partition coefficient (Wildman–Crippen LogP) is 2.87. The zero-order valence-electron chi connectivity index (χ0n) is 9.30. The van der Waals surface area contributed by atoms with E-state index in [0.29, 0.717) is 18.9 Å². The molecule has 0 heterocycles. The molecule has 1 aromatic carbocycles. The summed E-state index contributed by atoms with van der Waals surface area (Å²) in [5.41, 5.74) is 5.93. The summed E-state index contributed by atoms with van der Waals surface area (Å²) >= 11 is 5.55. The van der Waals surface area contributed by atoms with Gasteiger partial charge in [0.2, 0.25) is 0 Å². The molecule has 1 aromatic rings. The standard InChI is InChI=1S/C11H15ClFNO2/c1-7(2)15-3-4-16-11-6-9(13)8(12)5-10(11)14/h5-7H,3-4,14H2,1-2H3. The highest BCUT2D eigenvalue weighted by Crippen LogP contribution is 2.27. The molecule has 0 aliphatic rings. The van der Waals surface area contributed by atoms with E-state index in [-0.39, 0.29) is 16.9 Å². The molecule has 5 heteroatoms. The molecule has 1 rings (SSSR count). The van der Waals surface area contributed by atoms with Gasteiger partial charge in [0, 0.05) is 6.07 Å². The summed E-state index contributed by atoms with van der Waals surface area (Å²) in [6.07, 6.45) is 0.142. The third-order valence-electron chi connectivity index (χ3n) is 1.84. The monoisotopic (exact) mass is 247 g/mol. The lowest BCUT2D eigenvalue weighted by Gasteiger charge is -2.11. The summed E-state index contributed by atoms with van der Waals surface area (Å²) in [5.74, 6) is -0.259. The first-order chi connectivity index (χ1) is 7.50. The SMILES string of the molecule is CC(C)OCCOc1cc(F)c(Cl)cc1N. The maximum Gasteiger partial charge on any atom is 0.145 e. The van der Waals surface area contributed by atoms with E-state index >= 15 is 0 Å². The Kier molecular flexibility index (Phi) is 4.83. The van der Waals surface area contributed by atoms with Crippen LogP contribution in [0.25, 0.3) is 0 Å². The zero-order valence-corrected chi connectivity index (χ0v) is 10.1. The summed E-state index contributed by atoms with van der Waals surface area (Å²) in [6.45, 7) is 4.61. The molecular formula is C11H15ClFNO2. The molecular weight excluding hydrogens is 233 g/mol. The van der Waals surface area contributed by atoms with Crippen molar-refractivity contribution in [2.24, 2.45) is 0 Å². The molecule has 2 N–H and O–H groups in total. The molecule has 0 saturated heterocycles. The summed E-state index contributed by atoms with van der Waals surface area (Å²) in [6, 6.07) is 2.50. The Bertz CT molecular complexity index is 358. The van der Waals surface area contributed by atoms with Crippen LogP contribution in [0.2, 0.25) is 5.02 Å². The Morgan fingerprint density at radius 1 is 1.38 bits per heavy atom. The Balaban J connectivity index is 2.51. The minimum absolute atomic E-state index is 0.0109. The molecule has 0 aromatic heterocycles. The van der Waals surface area contributed by atoms with Crippen LogP contribution in [-0.4, -0.2) is 19.3 Å². The van der Waals surface area contributed by atoms with Crippen molar-refractivity contribution < 1.29 is 13.9 Å². The van der Waals surface area contributed by atoms with Gasteiger partial charge >= 0.3 is 0 Å². The lowest BCUT2D eigenvalue weighted by molar-refractivity contribution is 0.0554. The fraction of sp³-hybridized carbons (Fsp3) is 0.455. The lowest BCUT2D eigenvalue weighted by atomic mass is 10.3. The van der Waals surface area contributed by atoms with E-state index < -0.39 is 5.82 Å². The van der Waals surface area contributed by atoms with E-state index in [4.69, 9.17) is 26.8 Å². The normalized spacial score (nSPS) is 10.8. The average molecular weight is 248 g/mol. The van der Waals surface area contributed by atoms with Crippen LogP contribution in [0.1, 0.15) is 13.8 Å². The molecule has 3 nitrogen and oxygen atoms in total. The molecule has 0 aliphatic carbocycles. The highest BCUT2D eigenvalue weighted by Gasteiger charge is 2.07. The first kappa shape index (κ1) is 13.1. The van der Waals surface area contributed by atoms with Gasteiger partial charge in [-0.05, 0) is 19.9 Å². The Hall–Kier alpha value is -1.00. The number of hydrogen-bond donors (Lipinski definition) is 1. The van der Waals surface area contributed by atoms with Crippen molar-refractivity contribution >= 4 is 17.3 Å². The molecule has 0 amide bonds. The first-order valence-corrected chi connectivity index (χ1v) is 5.37. The van der Waals surface area contributed by atoms with Crippen molar-refractivity contribution in [2.45, 2.75) is 20.0 Å². The van der Waals surface area contributed by atoms with Crippen LogP contribution in [-0.2, 0) is 4.74 Å². The summed E-state index contributed by atoms with van der Waals surface area (Å²) in [7, 11) is 0. The number of nitrogens with two attached hydrogens (primary N) is 1. The smallest absolute Gasteiger partial charge is 0.145 e. The Labute approximate surface area is 99.3 Å². The molecule has 16 heavy (non-hydrogen) atoms. The maximum absolute atomic E-state index is 13.1. The van der Waals surface area contributed by atoms with Crippen molar-refractivity contribution in [1.29, 1.82) is 0 Å². The second-order valence-electron chi connectivity index (χ2n) is 3.57. The minimum atomic E-state index is -0.546. The molecule has 90 valence electrons. The number of nitrogen functional groups attached to an aromatic ring is 1. The van der Waals surface area contributed by atoms with Crippen LogP contribution < -0.4 is 10.5 Å². The molecule has 0 radical (unpaired) electrons. The van der Waals surface area contributed by atoms with Crippen LogP contribution in [0.15, 0.2) is 12.1 Å². The zero-order chi connectivity index (χ0) is 12.1. The Morgan fingerprint density at radius 2 is 2.06 bits per heavy atom. The van der Waals surface area contributed by atoms with Gasteiger partial charge in [-0.15, -0.1) is 0 Å². The third kappa shape index (κ3) is 3.87. The number of ether oxygens (including phenoxy) is 2. The second kappa shape index (κ2) is 5.92. The van der Waals surface area contributed by atoms with Gasteiger partial charge in [-0.2, -0.15) is 0 Å². The van der Waals surface area contributed by atoms with Gasteiger partial charge in [0.05, 0.1) is 23.4 Å². The lowest BCUT2D eigenvalue weighted by Crippen LogP contribution is -2.12. The number of anilines is 1. The van der Waals surface area contributed by atoms with Gasteiger partial charge in [0.1, 0.15) is 18.2 Å². The van der Waals surface area contributed by atoms with E-state index in [9.17, 15) is 4.39 Å². The molecule has 0 unspecified atom stereocenters. The number of benzene rings is 1. The number of halogens is 2. The van der Waals surface area contributed by atoms with Crippen LogP contribution in [0, 0.1) is 5.82 Å². The molecule has 0 saturated carbocycles. The highest BCUT2D eigenvalue weighted by atomic mass is 35.5. The van der Waals surface area contributed by atoms with Crippen molar-refractivity contribution in [3.63, 3.8) is 0 Å². The minimum Gasteiger partial charge on any atom is -0.489 e. The van der Waals surface area contributed by atoms with E-state index in [0.717, 1.165) is 0 Å². The Morgan fingerprint density at radius 3 is 2.69 bits per heavy atom. The van der Waals surface area contributed by atoms with Crippen LogP contribution in [0.3, 0.4) is 0 Å². The van der Waals surface area contributed by atoms with Crippen molar-refractivity contribution in [1.82, 2.24) is 0 Å². The van der Waals surface area contributed by atoms with Crippen LogP contribution in [0.5, 0.6) is 5.75 Å². The largest absolute Gasteiger partial charge is 0.489 e. The molecule has 0 aliphatic heterocycles. The predicted molar refractivity (Wildman–Crippen MR) is 62.4 cm³/mol. The second-order valence-corrected chi connectivity index (χ2v) is 3.98. The van der Waals surface area contributed by atoms with Gasteiger partial charge < -0.3 is 15.2 Å². The van der Waals surface area contributed by atoms with E-state index in [2.05, 4.69) is 0 Å². The number of hydrogen-bond acceptors (Lipinski definition) is 3. The van der Waals surface area contributed by atoms with Gasteiger partial charge in [-0.3, -0.25) is 0 Å². The van der Waals surface area contributed by atoms with Gasteiger partial charge in [-0.1, -0.05) is 11.6 Å². The van der Waals surface area contributed by atoms with E-state index in [1.807, 2.05) is 13.8 Å². The summed E-state index contributed by atoms with van der Waals surface area (Å²) in [5, 5.41) is -0.0109. The fourth-order valence-corrected chi connectivity index (χ4v) is 1.28. The summed E-state index contributed by atoms with van der Waals surface area (Å²) < 4.78 is 23.6. The van der Waals surface area contributed by atoms with Gasteiger partial charge in [-0.25, -0.2) is 4.39 Å². The molecule has 0 fully saturated rings. The van der Waals surface area contributed by atoms with Crippen LogP contribution >= 0.6 is 11.6 Å². The van der Waals surface area contributed by atoms with Crippen molar-refractivity contribution in [3.05, 3.63) is 23.0 Å². The number of rotatable bonds is 5. The molecule has 0 spiro atoms. The maximum atomic E-state index is 13.1. The van der Waals surface area contributed by atoms with Crippen molar-refractivity contribution in [3.8, 4) is 5.75 Å². The quantitative estimate of drug-likeness (QED) is 0.643. The van der Waals surface area contributed by atoms with Crippen molar-refractivity contribution in [2.75, 3.05) is 18.9 Å². The molecule has 0 atom stereocenters. The highest BCUT2D eigenvalue weighted by molar-refractivity contribution is 6.31.